The van der Waals surface area contributed by atoms with Crippen molar-refractivity contribution in [1.82, 2.24) is 4.90 Å². The van der Waals surface area contributed by atoms with Crippen molar-refractivity contribution < 1.29 is 5.11 Å². The van der Waals surface area contributed by atoms with Crippen LogP contribution in [0.15, 0.2) is 24.3 Å². The number of hydrogen-bond donors (Lipinski definition) is 1. The minimum Gasteiger partial charge on any atom is -0.396 e. The summed E-state index contributed by atoms with van der Waals surface area (Å²) in [6.45, 7) is 9.06. The highest BCUT2D eigenvalue weighted by molar-refractivity contribution is 5.30. The summed E-state index contributed by atoms with van der Waals surface area (Å²) in [6.07, 6.45) is 0. The van der Waals surface area contributed by atoms with Gasteiger partial charge in [0.05, 0.1) is 0 Å². The topological polar surface area (TPSA) is 23.5 Å². The molecule has 1 fully saturated rings. The molecule has 1 aliphatic rings. The van der Waals surface area contributed by atoms with E-state index >= 15 is 0 Å². The first-order chi connectivity index (χ1) is 8.41. The zero-order valence-electron chi connectivity index (χ0n) is 12.0. The number of hydrogen-bond acceptors (Lipinski definition) is 2. The Hall–Kier alpha value is -0.860. The van der Waals surface area contributed by atoms with E-state index in [2.05, 4.69) is 57.0 Å². The van der Waals surface area contributed by atoms with Crippen molar-refractivity contribution in [2.45, 2.75) is 32.1 Å². The molecule has 0 amide bonds. The molecule has 2 nitrogen and oxygen atoms in total. The lowest BCUT2D eigenvalue weighted by molar-refractivity contribution is 0.219. The second kappa shape index (κ2) is 5.02. The summed E-state index contributed by atoms with van der Waals surface area (Å²) in [4.78, 5) is 2.31. The molecule has 1 aliphatic heterocycles. The monoisotopic (exact) mass is 247 g/mol. The Bertz CT molecular complexity index is 391. The van der Waals surface area contributed by atoms with Gasteiger partial charge in [-0.25, -0.2) is 0 Å². The van der Waals surface area contributed by atoms with Crippen LogP contribution in [0.2, 0.25) is 0 Å². The fourth-order valence-electron chi connectivity index (χ4n) is 2.88. The normalized spacial score (nSPS) is 25.6. The molecule has 1 N–H and O–H groups in total. The molecule has 0 aliphatic carbocycles. The third-order valence-corrected chi connectivity index (χ3v) is 4.06. The zero-order chi connectivity index (χ0) is 13.3. The van der Waals surface area contributed by atoms with Crippen molar-refractivity contribution in [2.75, 3.05) is 26.7 Å². The Morgan fingerprint density at radius 3 is 2.28 bits per heavy atom. The second-order valence-electron chi connectivity index (χ2n) is 6.64. The fraction of sp³-hybridized carbons (Fsp3) is 0.625. The highest BCUT2D eigenvalue weighted by Crippen LogP contribution is 2.32. The molecule has 1 heterocycles. The maximum atomic E-state index is 9.47. The molecule has 2 heteroatoms. The van der Waals surface area contributed by atoms with Gasteiger partial charge in [-0.2, -0.15) is 0 Å². The maximum absolute atomic E-state index is 9.47. The summed E-state index contributed by atoms with van der Waals surface area (Å²) in [5.74, 6) is 0.865. The van der Waals surface area contributed by atoms with Gasteiger partial charge >= 0.3 is 0 Å². The summed E-state index contributed by atoms with van der Waals surface area (Å²) in [5.41, 5.74) is 2.95. The van der Waals surface area contributed by atoms with Gasteiger partial charge in [-0.15, -0.1) is 0 Å². The van der Waals surface area contributed by atoms with Gasteiger partial charge in [0, 0.05) is 31.5 Å². The van der Waals surface area contributed by atoms with E-state index in [1.54, 1.807) is 0 Å². The molecule has 0 aromatic heterocycles. The predicted octanol–water partition coefficient (Wildman–Crippen LogP) is 2.62. The van der Waals surface area contributed by atoms with Crippen LogP contribution in [0, 0.1) is 5.92 Å². The molecule has 2 atom stereocenters. The van der Waals surface area contributed by atoms with Crippen LogP contribution in [0.1, 0.15) is 37.8 Å². The highest BCUT2D eigenvalue weighted by Gasteiger charge is 2.31. The first-order valence-electron chi connectivity index (χ1n) is 6.81. The Morgan fingerprint density at radius 2 is 1.78 bits per heavy atom. The Labute approximate surface area is 111 Å². The van der Waals surface area contributed by atoms with Crippen LogP contribution in [0.4, 0.5) is 0 Å². The lowest BCUT2D eigenvalue weighted by Crippen LogP contribution is -2.16. The van der Waals surface area contributed by atoms with E-state index in [0.29, 0.717) is 11.8 Å². The number of rotatable bonds is 2. The largest absolute Gasteiger partial charge is 0.396 e. The lowest BCUT2D eigenvalue weighted by Gasteiger charge is -2.21. The molecule has 0 spiro atoms. The van der Waals surface area contributed by atoms with Gasteiger partial charge in [-0.3, -0.25) is 0 Å². The van der Waals surface area contributed by atoms with Crippen molar-refractivity contribution in [3.05, 3.63) is 35.4 Å². The van der Waals surface area contributed by atoms with E-state index in [4.69, 9.17) is 0 Å². The number of nitrogens with zero attached hydrogens (tertiary/aromatic N) is 1. The fourth-order valence-corrected chi connectivity index (χ4v) is 2.88. The average Bonchev–Trinajstić information content (AvgIpc) is 2.69. The van der Waals surface area contributed by atoms with E-state index in [9.17, 15) is 5.11 Å². The number of likely N-dealkylation sites (N-methyl/N-ethyl adjacent to an activating group) is 1. The first-order valence-corrected chi connectivity index (χ1v) is 6.81. The summed E-state index contributed by atoms with van der Waals surface area (Å²) >= 11 is 0. The predicted molar refractivity (Wildman–Crippen MR) is 76.0 cm³/mol. The average molecular weight is 247 g/mol. The van der Waals surface area contributed by atoms with Crippen LogP contribution >= 0.6 is 0 Å². The molecular weight excluding hydrogens is 222 g/mol. The van der Waals surface area contributed by atoms with Gasteiger partial charge in [0.25, 0.3) is 0 Å². The Kier molecular flexibility index (Phi) is 3.79. The van der Waals surface area contributed by atoms with Crippen LogP contribution in [-0.4, -0.2) is 36.8 Å². The smallest absolute Gasteiger partial charge is 0.0477 e. The van der Waals surface area contributed by atoms with Crippen LogP contribution in [0.3, 0.4) is 0 Å². The van der Waals surface area contributed by atoms with Crippen molar-refractivity contribution in [3.8, 4) is 0 Å². The lowest BCUT2D eigenvalue weighted by atomic mass is 9.84. The van der Waals surface area contributed by atoms with Gasteiger partial charge in [-0.05, 0) is 23.6 Å². The van der Waals surface area contributed by atoms with Crippen LogP contribution in [0.25, 0.3) is 0 Å². The quantitative estimate of drug-likeness (QED) is 0.868. The third-order valence-electron chi connectivity index (χ3n) is 4.06. The first kappa shape index (κ1) is 13.6. The van der Waals surface area contributed by atoms with E-state index < -0.39 is 0 Å². The van der Waals surface area contributed by atoms with Crippen LogP contribution < -0.4 is 0 Å². The molecule has 1 aromatic carbocycles. The van der Waals surface area contributed by atoms with Gasteiger partial charge in [0.15, 0.2) is 0 Å². The van der Waals surface area contributed by atoms with Gasteiger partial charge in [0.1, 0.15) is 0 Å². The van der Waals surface area contributed by atoms with E-state index in [0.717, 1.165) is 13.1 Å². The van der Waals surface area contributed by atoms with Crippen molar-refractivity contribution in [2.24, 2.45) is 5.92 Å². The molecular formula is C16H25NO. The minimum absolute atomic E-state index is 0.210. The molecule has 1 saturated heterocycles. The SMILES string of the molecule is CN1C[C@@H](CO)[C@H](c2ccc(C(C)(C)C)cc2)C1. The zero-order valence-corrected chi connectivity index (χ0v) is 12.0. The summed E-state index contributed by atoms with van der Waals surface area (Å²) < 4.78 is 0. The molecule has 18 heavy (non-hydrogen) atoms. The highest BCUT2D eigenvalue weighted by atomic mass is 16.3. The number of likely N-dealkylation sites (tertiary alicyclic amines) is 1. The van der Waals surface area contributed by atoms with Crippen molar-refractivity contribution in [1.29, 1.82) is 0 Å². The summed E-state index contributed by atoms with van der Waals surface area (Å²) in [6, 6.07) is 8.96. The van der Waals surface area contributed by atoms with Crippen molar-refractivity contribution in [3.63, 3.8) is 0 Å². The maximum Gasteiger partial charge on any atom is 0.0477 e. The van der Waals surface area contributed by atoms with E-state index in [1.165, 1.54) is 11.1 Å². The molecule has 1 aromatic rings. The molecule has 100 valence electrons. The van der Waals surface area contributed by atoms with Gasteiger partial charge < -0.3 is 10.0 Å². The van der Waals surface area contributed by atoms with E-state index in [-0.39, 0.29) is 12.0 Å². The third kappa shape index (κ3) is 2.76. The molecule has 0 radical (unpaired) electrons. The Morgan fingerprint density at radius 1 is 1.17 bits per heavy atom. The summed E-state index contributed by atoms with van der Waals surface area (Å²) in [5, 5.41) is 9.47. The molecule has 2 rings (SSSR count). The van der Waals surface area contributed by atoms with Crippen LogP contribution in [0.5, 0.6) is 0 Å². The number of aliphatic hydroxyl groups excluding tert-OH is 1. The minimum atomic E-state index is 0.210. The standard InChI is InChI=1S/C16H25NO/c1-16(2,3)14-7-5-12(6-8-14)15-10-17(4)9-13(15)11-18/h5-8,13,15,18H,9-11H2,1-4H3/t13-,15-/m0/s1. The Balaban J connectivity index is 2.19. The molecule has 0 bridgehead atoms. The van der Waals surface area contributed by atoms with Crippen LogP contribution in [-0.2, 0) is 5.41 Å². The van der Waals surface area contributed by atoms with Crippen molar-refractivity contribution >= 4 is 0 Å². The molecule has 0 unspecified atom stereocenters. The van der Waals surface area contributed by atoms with E-state index in [1.807, 2.05) is 0 Å². The van der Waals surface area contributed by atoms with Gasteiger partial charge in [0.2, 0.25) is 0 Å². The molecule has 0 saturated carbocycles. The number of aliphatic hydroxyl groups is 1. The van der Waals surface area contributed by atoms with Gasteiger partial charge in [-0.1, -0.05) is 45.0 Å². The summed E-state index contributed by atoms with van der Waals surface area (Å²) in [7, 11) is 2.13. The number of benzene rings is 1. The second-order valence-corrected chi connectivity index (χ2v) is 6.64.